The molecule has 3 aromatic heterocycles. The van der Waals surface area contributed by atoms with Crippen molar-refractivity contribution in [2.24, 2.45) is 5.73 Å². The summed E-state index contributed by atoms with van der Waals surface area (Å²) in [6.07, 6.45) is 2.36. The molecule has 0 aliphatic carbocycles. The van der Waals surface area contributed by atoms with E-state index in [0.29, 0.717) is 17.1 Å². The number of anilines is 2. The van der Waals surface area contributed by atoms with E-state index in [1.807, 2.05) is 17.5 Å². The standard InChI is InChI=1S/C18H14ClN5O3S/c19-12-8-9(3-5-21-12)13(15(20)25)24-14-10(18(26)27)4-6-22-16(14)23-17(24)11-2-1-7-28-11/h1-8,13,17H,(H2,20,25)(H,22,23)(H,26,27). The van der Waals surface area contributed by atoms with Crippen molar-refractivity contribution in [1.82, 2.24) is 9.97 Å². The second kappa shape index (κ2) is 7.10. The number of thiophene rings is 1. The smallest absolute Gasteiger partial charge is 0.338 e. The molecular weight excluding hydrogens is 402 g/mol. The van der Waals surface area contributed by atoms with Gasteiger partial charge < -0.3 is 21.1 Å². The van der Waals surface area contributed by atoms with Gasteiger partial charge in [-0.15, -0.1) is 11.3 Å². The fourth-order valence-electron chi connectivity index (χ4n) is 3.30. The number of primary amides is 1. The van der Waals surface area contributed by atoms with Crippen molar-refractivity contribution in [3.63, 3.8) is 0 Å². The lowest BCUT2D eigenvalue weighted by Gasteiger charge is -2.33. The van der Waals surface area contributed by atoms with E-state index in [1.165, 1.54) is 35.9 Å². The molecule has 8 nitrogen and oxygen atoms in total. The number of aromatic carboxylic acids is 1. The van der Waals surface area contributed by atoms with Gasteiger partial charge in [-0.3, -0.25) is 4.79 Å². The summed E-state index contributed by atoms with van der Waals surface area (Å²) >= 11 is 7.48. The largest absolute Gasteiger partial charge is 0.478 e. The van der Waals surface area contributed by atoms with Crippen LogP contribution in [-0.4, -0.2) is 27.0 Å². The molecule has 4 heterocycles. The van der Waals surface area contributed by atoms with E-state index in [2.05, 4.69) is 15.3 Å². The number of carboxylic acids is 1. The lowest BCUT2D eigenvalue weighted by atomic mass is 10.0. The number of hydrogen-bond donors (Lipinski definition) is 3. The predicted octanol–water partition coefficient (Wildman–Crippen LogP) is 3.05. The number of fused-ring (bicyclic) bond motifs is 1. The van der Waals surface area contributed by atoms with Gasteiger partial charge in [-0.25, -0.2) is 14.8 Å². The van der Waals surface area contributed by atoms with E-state index >= 15 is 0 Å². The van der Waals surface area contributed by atoms with Crippen molar-refractivity contribution < 1.29 is 14.7 Å². The van der Waals surface area contributed by atoms with Gasteiger partial charge in [0.05, 0.1) is 11.3 Å². The van der Waals surface area contributed by atoms with Crippen LogP contribution in [0.1, 0.15) is 33.0 Å². The number of hydrogen-bond acceptors (Lipinski definition) is 7. The maximum atomic E-state index is 12.5. The van der Waals surface area contributed by atoms with E-state index < -0.39 is 24.1 Å². The first kappa shape index (κ1) is 18.2. The molecule has 0 bridgehead atoms. The molecule has 2 atom stereocenters. The van der Waals surface area contributed by atoms with Crippen LogP contribution in [0.25, 0.3) is 0 Å². The summed E-state index contributed by atoms with van der Waals surface area (Å²) in [5.41, 5.74) is 6.58. The highest BCUT2D eigenvalue weighted by molar-refractivity contribution is 7.10. The van der Waals surface area contributed by atoms with Crippen LogP contribution >= 0.6 is 22.9 Å². The molecule has 2 unspecified atom stereocenters. The Balaban J connectivity index is 1.94. The summed E-state index contributed by atoms with van der Waals surface area (Å²) in [6, 6.07) is 7.34. The van der Waals surface area contributed by atoms with Crippen LogP contribution in [0.15, 0.2) is 48.1 Å². The van der Waals surface area contributed by atoms with Gasteiger partial charge in [0.1, 0.15) is 17.4 Å². The fourth-order valence-corrected chi connectivity index (χ4v) is 4.26. The van der Waals surface area contributed by atoms with Gasteiger partial charge in [0.15, 0.2) is 5.82 Å². The monoisotopic (exact) mass is 415 g/mol. The molecule has 1 aliphatic rings. The molecule has 10 heteroatoms. The minimum atomic E-state index is -1.13. The molecule has 0 saturated carbocycles. The van der Waals surface area contributed by atoms with Crippen LogP contribution in [0, 0.1) is 0 Å². The molecule has 0 radical (unpaired) electrons. The minimum Gasteiger partial charge on any atom is -0.478 e. The number of carbonyl (C=O) groups excluding carboxylic acids is 1. The average Bonchev–Trinajstić information content (AvgIpc) is 3.29. The highest BCUT2D eigenvalue weighted by Crippen LogP contribution is 2.47. The summed E-state index contributed by atoms with van der Waals surface area (Å²) < 4.78 is 0. The molecule has 3 aromatic rings. The molecule has 28 heavy (non-hydrogen) atoms. The summed E-state index contributed by atoms with van der Waals surface area (Å²) in [4.78, 5) is 35.1. The second-order valence-electron chi connectivity index (χ2n) is 6.05. The number of carbonyl (C=O) groups is 2. The third-order valence-electron chi connectivity index (χ3n) is 4.39. The van der Waals surface area contributed by atoms with Crippen LogP contribution in [0.2, 0.25) is 5.15 Å². The van der Waals surface area contributed by atoms with Gasteiger partial charge in [0, 0.05) is 17.3 Å². The van der Waals surface area contributed by atoms with Crippen molar-refractivity contribution in [2.45, 2.75) is 12.2 Å². The molecular formula is C18H14ClN5O3S. The molecule has 4 N–H and O–H groups in total. The zero-order valence-electron chi connectivity index (χ0n) is 14.2. The van der Waals surface area contributed by atoms with Crippen LogP contribution in [0.5, 0.6) is 0 Å². The average molecular weight is 416 g/mol. The fraction of sp³-hybridized carbons (Fsp3) is 0.111. The zero-order valence-corrected chi connectivity index (χ0v) is 15.8. The number of pyridine rings is 2. The molecule has 0 aromatic carbocycles. The number of rotatable bonds is 5. The first-order chi connectivity index (χ1) is 13.5. The molecule has 0 spiro atoms. The number of nitrogens with one attached hydrogen (secondary N) is 1. The molecule has 0 saturated heterocycles. The third kappa shape index (κ3) is 3.04. The molecule has 142 valence electrons. The van der Waals surface area contributed by atoms with Gasteiger partial charge in [-0.2, -0.15) is 0 Å². The Bertz CT molecular complexity index is 1060. The van der Waals surface area contributed by atoms with Crippen molar-refractivity contribution in [2.75, 3.05) is 10.2 Å². The van der Waals surface area contributed by atoms with Crippen molar-refractivity contribution in [1.29, 1.82) is 0 Å². The van der Waals surface area contributed by atoms with Gasteiger partial charge in [-0.05, 0) is 35.2 Å². The van der Waals surface area contributed by atoms with Crippen molar-refractivity contribution >= 4 is 46.3 Å². The van der Waals surface area contributed by atoms with Gasteiger partial charge >= 0.3 is 5.97 Å². The number of nitrogens with two attached hydrogens (primary N) is 1. The van der Waals surface area contributed by atoms with E-state index in [-0.39, 0.29) is 10.7 Å². The number of amides is 1. The third-order valence-corrected chi connectivity index (χ3v) is 5.52. The minimum absolute atomic E-state index is 0.0166. The van der Waals surface area contributed by atoms with E-state index in [4.69, 9.17) is 17.3 Å². The van der Waals surface area contributed by atoms with Gasteiger partial charge in [0.25, 0.3) is 0 Å². The number of nitrogens with zero attached hydrogens (tertiary/aromatic N) is 3. The van der Waals surface area contributed by atoms with Crippen LogP contribution in [0.4, 0.5) is 11.5 Å². The Kier molecular flexibility index (Phi) is 4.62. The van der Waals surface area contributed by atoms with Gasteiger partial charge in [0.2, 0.25) is 5.91 Å². The highest BCUT2D eigenvalue weighted by atomic mass is 35.5. The molecule has 1 aliphatic heterocycles. The Morgan fingerprint density at radius 3 is 2.71 bits per heavy atom. The molecule has 0 fully saturated rings. The maximum Gasteiger partial charge on any atom is 0.338 e. The number of halogens is 1. The first-order valence-corrected chi connectivity index (χ1v) is 9.44. The summed E-state index contributed by atoms with van der Waals surface area (Å²) in [7, 11) is 0. The second-order valence-corrected chi connectivity index (χ2v) is 7.41. The van der Waals surface area contributed by atoms with Crippen LogP contribution < -0.4 is 16.0 Å². The van der Waals surface area contributed by atoms with E-state index in [9.17, 15) is 14.7 Å². The van der Waals surface area contributed by atoms with E-state index in [1.54, 1.807) is 11.0 Å². The Hall–Kier alpha value is -3.17. The lowest BCUT2D eigenvalue weighted by molar-refractivity contribution is -0.119. The Morgan fingerprint density at radius 1 is 1.29 bits per heavy atom. The SMILES string of the molecule is NC(=O)C(c1ccnc(Cl)c1)N1c2c(C(=O)O)ccnc2NC1c1cccs1. The Labute approximate surface area is 168 Å². The predicted molar refractivity (Wildman–Crippen MR) is 106 cm³/mol. The van der Waals surface area contributed by atoms with Crippen LogP contribution in [0.3, 0.4) is 0 Å². The first-order valence-electron chi connectivity index (χ1n) is 8.18. The Morgan fingerprint density at radius 2 is 2.07 bits per heavy atom. The van der Waals surface area contributed by atoms with Crippen LogP contribution in [-0.2, 0) is 4.79 Å². The topological polar surface area (TPSA) is 121 Å². The zero-order chi connectivity index (χ0) is 19.8. The van der Waals surface area contributed by atoms with E-state index in [0.717, 1.165) is 4.88 Å². The summed E-state index contributed by atoms with van der Waals surface area (Å²) in [5.74, 6) is -1.42. The lowest BCUT2D eigenvalue weighted by Crippen LogP contribution is -2.40. The van der Waals surface area contributed by atoms with Crippen molar-refractivity contribution in [3.8, 4) is 0 Å². The number of carboxylic acid groups (broad SMARTS) is 1. The molecule has 4 rings (SSSR count). The maximum absolute atomic E-state index is 12.5. The highest BCUT2D eigenvalue weighted by Gasteiger charge is 2.42. The number of aromatic nitrogens is 2. The summed E-state index contributed by atoms with van der Waals surface area (Å²) in [6.45, 7) is 0. The van der Waals surface area contributed by atoms with Crippen molar-refractivity contribution in [3.05, 3.63) is 69.3 Å². The van der Waals surface area contributed by atoms with Gasteiger partial charge in [-0.1, -0.05) is 17.7 Å². The normalized spacial score (nSPS) is 16.3. The quantitative estimate of drug-likeness (QED) is 0.547. The summed E-state index contributed by atoms with van der Waals surface area (Å²) in [5, 5.41) is 15.0. The molecule has 1 amide bonds.